The van der Waals surface area contributed by atoms with E-state index in [0.717, 1.165) is 0 Å². The summed E-state index contributed by atoms with van der Waals surface area (Å²) in [6.45, 7) is 3.00. The molecule has 1 saturated heterocycles. The van der Waals surface area contributed by atoms with Gasteiger partial charge in [-0.25, -0.2) is 14.4 Å². The maximum Gasteiger partial charge on any atom is 0.137 e. The highest BCUT2D eigenvalue weighted by molar-refractivity contribution is 4.91. The van der Waals surface area contributed by atoms with E-state index in [4.69, 9.17) is 0 Å². The Morgan fingerprint density at radius 1 is 1.25 bits per heavy atom. The second kappa shape index (κ2) is 1.99. The van der Waals surface area contributed by atoms with E-state index in [1.807, 2.05) is 0 Å². The maximum absolute atomic E-state index is 12.2. The summed E-state index contributed by atoms with van der Waals surface area (Å²) in [7, 11) is 3.60. The lowest BCUT2D eigenvalue weighted by molar-refractivity contribution is 0.136. The summed E-state index contributed by atoms with van der Waals surface area (Å²) in [4.78, 5) is 0. The molecule has 0 amide bonds. The van der Waals surface area contributed by atoms with Crippen molar-refractivity contribution in [1.29, 1.82) is 0 Å². The monoisotopic (exact) mass is 116 g/mol. The zero-order chi connectivity index (χ0) is 6.15. The van der Waals surface area contributed by atoms with Crippen molar-refractivity contribution in [2.75, 3.05) is 14.1 Å². The van der Waals surface area contributed by atoms with Gasteiger partial charge in [-0.1, -0.05) is 0 Å². The van der Waals surface area contributed by atoms with Crippen molar-refractivity contribution in [3.8, 4) is 0 Å². The molecule has 8 heavy (non-hydrogen) atoms. The number of nitrogens with zero attached hydrogens (tertiary/aromatic N) is 2. The van der Waals surface area contributed by atoms with Crippen molar-refractivity contribution in [2.24, 2.45) is 0 Å². The molecule has 0 saturated carbocycles. The van der Waals surface area contributed by atoms with E-state index in [1.165, 1.54) is 13.1 Å². The van der Waals surface area contributed by atoms with Crippen molar-refractivity contribution in [1.82, 2.24) is 10.0 Å². The van der Waals surface area contributed by atoms with Crippen LogP contribution in [-0.4, -0.2) is 30.3 Å². The Morgan fingerprint density at radius 2 is 1.62 bits per heavy atom. The lowest BCUT2D eigenvalue weighted by atomic mass is 10.4. The SMILES string of the molecule is CN1[CH]C(F)[CH]N1C. The summed E-state index contributed by atoms with van der Waals surface area (Å²) in [6.07, 6.45) is -0.898. The molecule has 0 atom stereocenters. The third kappa shape index (κ3) is 0.980. The molecule has 1 aliphatic rings. The smallest absolute Gasteiger partial charge is 0.137 e. The van der Waals surface area contributed by atoms with Gasteiger partial charge >= 0.3 is 0 Å². The summed E-state index contributed by atoms with van der Waals surface area (Å²) in [5.41, 5.74) is 0. The summed E-state index contributed by atoms with van der Waals surface area (Å²) < 4.78 is 12.2. The highest BCUT2D eigenvalue weighted by Gasteiger charge is 2.24. The van der Waals surface area contributed by atoms with Gasteiger partial charge in [0, 0.05) is 14.1 Å². The van der Waals surface area contributed by atoms with Crippen LogP contribution in [0.15, 0.2) is 0 Å². The van der Waals surface area contributed by atoms with Gasteiger partial charge in [-0.2, -0.15) is 0 Å². The fraction of sp³-hybridized carbons (Fsp3) is 0.600. The summed E-state index contributed by atoms with van der Waals surface area (Å²) in [5.74, 6) is 0. The van der Waals surface area contributed by atoms with Crippen LogP contribution in [0.2, 0.25) is 0 Å². The van der Waals surface area contributed by atoms with Gasteiger partial charge in [0.1, 0.15) is 6.17 Å². The molecule has 0 aliphatic carbocycles. The van der Waals surface area contributed by atoms with Crippen LogP contribution >= 0.6 is 0 Å². The molecular weight excluding hydrogens is 107 g/mol. The van der Waals surface area contributed by atoms with Gasteiger partial charge in [0.15, 0.2) is 0 Å². The largest absolute Gasteiger partial charge is 0.244 e. The van der Waals surface area contributed by atoms with Crippen LogP contribution < -0.4 is 0 Å². The van der Waals surface area contributed by atoms with Crippen molar-refractivity contribution in [3.05, 3.63) is 13.1 Å². The molecule has 0 aromatic rings. The minimum absolute atomic E-state index is 0.898. The molecule has 46 valence electrons. The van der Waals surface area contributed by atoms with Gasteiger partial charge in [-0.05, 0) is 0 Å². The van der Waals surface area contributed by atoms with Crippen molar-refractivity contribution in [2.45, 2.75) is 6.17 Å². The first-order valence-electron chi connectivity index (χ1n) is 2.50. The van der Waals surface area contributed by atoms with E-state index in [2.05, 4.69) is 0 Å². The summed E-state index contributed by atoms with van der Waals surface area (Å²) >= 11 is 0. The molecule has 1 heterocycles. The van der Waals surface area contributed by atoms with E-state index >= 15 is 0 Å². The van der Waals surface area contributed by atoms with Gasteiger partial charge in [0.2, 0.25) is 0 Å². The predicted octanol–water partition coefficient (Wildman–Crippen LogP) is 0.440. The molecule has 2 nitrogen and oxygen atoms in total. The molecule has 1 fully saturated rings. The number of alkyl halides is 1. The average Bonchev–Trinajstić information content (AvgIpc) is 1.85. The first kappa shape index (κ1) is 5.98. The van der Waals surface area contributed by atoms with Crippen molar-refractivity contribution in [3.63, 3.8) is 0 Å². The molecule has 0 bridgehead atoms. The van der Waals surface area contributed by atoms with Crippen LogP contribution in [0.3, 0.4) is 0 Å². The number of hydrogen-bond acceptors (Lipinski definition) is 2. The van der Waals surface area contributed by atoms with Crippen molar-refractivity contribution >= 4 is 0 Å². The number of rotatable bonds is 0. The molecule has 0 unspecified atom stereocenters. The molecule has 1 rings (SSSR count). The van der Waals surface area contributed by atoms with E-state index in [1.54, 1.807) is 24.1 Å². The molecule has 1 aliphatic heterocycles. The Labute approximate surface area is 48.8 Å². The van der Waals surface area contributed by atoms with Gasteiger partial charge in [0.25, 0.3) is 0 Å². The number of hydrogen-bond donors (Lipinski definition) is 0. The van der Waals surface area contributed by atoms with E-state index in [-0.39, 0.29) is 0 Å². The second-order valence-corrected chi connectivity index (χ2v) is 1.89. The molecule has 0 aromatic carbocycles. The third-order valence-corrected chi connectivity index (χ3v) is 1.21. The Bertz CT molecular complexity index is 76.5. The zero-order valence-corrected chi connectivity index (χ0v) is 5.00. The molecule has 0 N–H and O–H groups in total. The minimum Gasteiger partial charge on any atom is -0.244 e. The van der Waals surface area contributed by atoms with Gasteiger partial charge in [-0.15, -0.1) is 0 Å². The van der Waals surface area contributed by atoms with Crippen LogP contribution in [0, 0.1) is 13.1 Å². The number of halogens is 1. The van der Waals surface area contributed by atoms with Crippen LogP contribution in [0.25, 0.3) is 0 Å². The Hall–Kier alpha value is -0.150. The predicted molar refractivity (Wildman–Crippen MR) is 29.0 cm³/mol. The first-order valence-corrected chi connectivity index (χ1v) is 2.50. The Morgan fingerprint density at radius 3 is 1.75 bits per heavy atom. The zero-order valence-electron chi connectivity index (χ0n) is 5.00. The highest BCUT2D eigenvalue weighted by atomic mass is 19.1. The van der Waals surface area contributed by atoms with Crippen LogP contribution in [-0.2, 0) is 0 Å². The fourth-order valence-corrected chi connectivity index (χ4v) is 0.661. The number of hydrazine groups is 1. The second-order valence-electron chi connectivity index (χ2n) is 1.89. The van der Waals surface area contributed by atoms with Gasteiger partial charge < -0.3 is 0 Å². The fourth-order valence-electron chi connectivity index (χ4n) is 0.661. The lowest BCUT2D eigenvalue weighted by Crippen LogP contribution is -2.24. The van der Waals surface area contributed by atoms with Crippen LogP contribution in [0.4, 0.5) is 4.39 Å². The van der Waals surface area contributed by atoms with E-state index in [0.29, 0.717) is 0 Å². The molecule has 0 aromatic heterocycles. The van der Waals surface area contributed by atoms with Crippen molar-refractivity contribution < 1.29 is 4.39 Å². The van der Waals surface area contributed by atoms with E-state index in [9.17, 15) is 4.39 Å². The molecule has 3 heteroatoms. The third-order valence-electron chi connectivity index (χ3n) is 1.21. The first-order chi connectivity index (χ1) is 3.70. The summed E-state index contributed by atoms with van der Waals surface area (Å²) in [6, 6.07) is 0. The van der Waals surface area contributed by atoms with Gasteiger partial charge in [-0.3, -0.25) is 0 Å². The Balaban J connectivity index is 2.39. The highest BCUT2D eigenvalue weighted by Crippen LogP contribution is 2.16. The standard InChI is InChI=1S/C5H9FN2/c1-7-3-5(6)4-8(7)2/h3-5H,1-2H3. The van der Waals surface area contributed by atoms with E-state index < -0.39 is 6.17 Å². The Kier molecular flexibility index (Phi) is 1.49. The molecule has 0 spiro atoms. The van der Waals surface area contributed by atoms with Crippen LogP contribution in [0.1, 0.15) is 0 Å². The average molecular weight is 116 g/mol. The lowest BCUT2D eigenvalue weighted by Gasteiger charge is -2.15. The normalized spacial score (nSPS) is 27.4. The topological polar surface area (TPSA) is 6.48 Å². The summed E-state index contributed by atoms with van der Waals surface area (Å²) in [5, 5.41) is 3.40. The molecular formula is C5H9FN2. The van der Waals surface area contributed by atoms with Crippen LogP contribution in [0.5, 0.6) is 0 Å². The quantitative estimate of drug-likeness (QED) is 0.453. The minimum atomic E-state index is -0.898. The van der Waals surface area contributed by atoms with Gasteiger partial charge in [0.05, 0.1) is 13.1 Å². The molecule has 2 radical (unpaired) electrons. The maximum atomic E-state index is 12.2.